The summed E-state index contributed by atoms with van der Waals surface area (Å²) in [7, 11) is 0. The quantitative estimate of drug-likeness (QED) is 0.700. The highest BCUT2D eigenvalue weighted by atomic mass is 16.5. The monoisotopic (exact) mass is 299 g/mol. The maximum Gasteiger partial charge on any atom is 0.325 e. The summed E-state index contributed by atoms with van der Waals surface area (Å²) >= 11 is 0. The van der Waals surface area contributed by atoms with Crippen LogP contribution in [0.3, 0.4) is 0 Å². The van der Waals surface area contributed by atoms with Crippen molar-refractivity contribution < 1.29 is 14.3 Å². The lowest BCUT2D eigenvalue weighted by molar-refractivity contribution is -0.149. The van der Waals surface area contributed by atoms with Crippen LogP contribution in [-0.4, -0.2) is 37.9 Å². The van der Waals surface area contributed by atoms with Crippen LogP contribution in [0.5, 0.6) is 0 Å². The van der Waals surface area contributed by atoms with Gasteiger partial charge in [0.05, 0.1) is 19.3 Å². The summed E-state index contributed by atoms with van der Waals surface area (Å²) in [6.07, 6.45) is 3.89. The molecular weight excluding hydrogens is 266 g/mol. The van der Waals surface area contributed by atoms with Crippen molar-refractivity contribution in [3.05, 3.63) is 0 Å². The molecule has 1 saturated carbocycles. The SMILES string of the molecule is CCNC(COC1CC(C)CCC1C(C)C)C(=O)OCC. The molecule has 0 bridgehead atoms. The molecule has 0 saturated heterocycles. The zero-order valence-corrected chi connectivity index (χ0v) is 14.4. The first-order chi connectivity index (χ1) is 9.99. The standard InChI is InChI=1S/C17H33NO3/c1-6-18-15(17(19)20-7-2)11-21-16-10-13(5)8-9-14(16)12(3)4/h12-16,18H,6-11H2,1-5H3. The first-order valence-corrected chi connectivity index (χ1v) is 8.51. The van der Waals surface area contributed by atoms with Crippen LogP contribution in [0.1, 0.15) is 53.9 Å². The van der Waals surface area contributed by atoms with Gasteiger partial charge >= 0.3 is 5.97 Å². The van der Waals surface area contributed by atoms with E-state index in [0.29, 0.717) is 31.0 Å². The van der Waals surface area contributed by atoms with E-state index < -0.39 is 0 Å². The van der Waals surface area contributed by atoms with E-state index in [2.05, 4.69) is 26.1 Å². The Kier molecular flexibility index (Phi) is 8.27. The number of hydrogen-bond donors (Lipinski definition) is 1. The normalized spacial score (nSPS) is 27.6. The predicted octanol–water partition coefficient (Wildman–Crippen LogP) is 3.01. The van der Waals surface area contributed by atoms with Gasteiger partial charge in [-0.2, -0.15) is 0 Å². The van der Waals surface area contributed by atoms with Crippen molar-refractivity contribution in [3.63, 3.8) is 0 Å². The number of carbonyl (C=O) groups excluding carboxylic acids is 1. The van der Waals surface area contributed by atoms with E-state index in [0.717, 1.165) is 13.0 Å². The topological polar surface area (TPSA) is 47.6 Å². The molecule has 0 aromatic carbocycles. The second-order valence-corrected chi connectivity index (χ2v) is 6.56. The number of hydrogen-bond acceptors (Lipinski definition) is 4. The Hall–Kier alpha value is -0.610. The van der Waals surface area contributed by atoms with Crippen LogP contribution in [0.25, 0.3) is 0 Å². The molecule has 1 aliphatic carbocycles. The fourth-order valence-electron chi connectivity index (χ4n) is 3.23. The van der Waals surface area contributed by atoms with Crippen molar-refractivity contribution in [2.45, 2.75) is 66.0 Å². The molecule has 0 aliphatic heterocycles. The van der Waals surface area contributed by atoms with Gasteiger partial charge in [-0.25, -0.2) is 0 Å². The maximum atomic E-state index is 11.9. The van der Waals surface area contributed by atoms with Gasteiger partial charge in [0, 0.05) is 0 Å². The molecule has 1 rings (SSSR count). The summed E-state index contributed by atoms with van der Waals surface area (Å²) in [5.74, 6) is 1.74. The summed E-state index contributed by atoms with van der Waals surface area (Å²) in [6.45, 7) is 12.2. The molecule has 4 heteroatoms. The van der Waals surface area contributed by atoms with Gasteiger partial charge < -0.3 is 14.8 Å². The van der Waals surface area contributed by atoms with Crippen LogP contribution in [-0.2, 0) is 14.3 Å². The molecule has 21 heavy (non-hydrogen) atoms. The molecule has 0 radical (unpaired) electrons. The van der Waals surface area contributed by atoms with Gasteiger partial charge in [0.1, 0.15) is 6.04 Å². The van der Waals surface area contributed by atoms with Crippen LogP contribution in [0, 0.1) is 17.8 Å². The highest BCUT2D eigenvalue weighted by molar-refractivity contribution is 5.75. The van der Waals surface area contributed by atoms with Crippen molar-refractivity contribution in [1.29, 1.82) is 0 Å². The minimum absolute atomic E-state index is 0.204. The first kappa shape index (κ1) is 18.4. The van der Waals surface area contributed by atoms with Crippen molar-refractivity contribution in [1.82, 2.24) is 5.32 Å². The van der Waals surface area contributed by atoms with Gasteiger partial charge in [-0.1, -0.05) is 34.1 Å². The first-order valence-electron chi connectivity index (χ1n) is 8.51. The van der Waals surface area contributed by atoms with Gasteiger partial charge in [0.2, 0.25) is 0 Å². The summed E-state index contributed by atoms with van der Waals surface area (Å²) < 4.78 is 11.3. The third-order valence-corrected chi connectivity index (χ3v) is 4.46. The molecule has 1 N–H and O–H groups in total. The molecule has 4 atom stereocenters. The molecule has 124 valence electrons. The van der Waals surface area contributed by atoms with Crippen LogP contribution in [0.2, 0.25) is 0 Å². The molecule has 4 nitrogen and oxygen atoms in total. The highest BCUT2D eigenvalue weighted by Crippen LogP contribution is 2.35. The number of likely N-dealkylation sites (N-methyl/N-ethyl adjacent to an activating group) is 1. The van der Waals surface area contributed by atoms with Crippen molar-refractivity contribution in [2.75, 3.05) is 19.8 Å². The van der Waals surface area contributed by atoms with E-state index in [1.54, 1.807) is 0 Å². The average Bonchev–Trinajstić information content (AvgIpc) is 2.43. The molecular formula is C17H33NO3. The van der Waals surface area contributed by atoms with E-state index in [1.165, 1.54) is 12.8 Å². The van der Waals surface area contributed by atoms with E-state index in [9.17, 15) is 4.79 Å². The molecule has 0 aromatic heterocycles. The van der Waals surface area contributed by atoms with Crippen LogP contribution in [0.4, 0.5) is 0 Å². The summed E-state index contributed by atoms with van der Waals surface area (Å²) in [4.78, 5) is 11.9. The number of nitrogens with one attached hydrogen (secondary N) is 1. The molecule has 1 aliphatic rings. The van der Waals surface area contributed by atoms with Crippen LogP contribution in [0.15, 0.2) is 0 Å². The van der Waals surface area contributed by atoms with Crippen LogP contribution >= 0.6 is 0 Å². The van der Waals surface area contributed by atoms with Gasteiger partial charge in [-0.3, -0.25) is 4.79 Å². The fraction of sp³-hybridized carbons (Fsp3) is 0.941. The molecule has 4 unspecified atom stereocenters. The molecule has 0 spiro atoms. The molecule has 0 heterocycles. The zero-order valence-electron chi connectivity index (χ0n) is 14.4. The molecule has 0 aromatic rings. The number of carbonyl (C=O) groups is 1. The van der Waals surface area contributed by atoms with Gasteiger partial charge in [0.15, 0.2) is 0 Å². The fourth-order valence-corrected chi connectivity index (χ4v) is 3.23. The molecule has 0 amide bonds. The number of ether oxygens (including phenoxy) is 2. The average molecular weight is 299 g/mol. The Bertz CT molecular complexity index is 306. The number of esters is 1. The smallest absolute Gasteiger partial charge is 0.325 e. The summed E-state index contributed by atoms with van der Waals surface area (Å²) in [6, 6.07) is -0.347. The van der Waals surface area contributed by atoms with E-state index in [-0.39, 0.29) is 18.1 Å². The molecule has 1 fully saturated rings. The Balaban J connectivity index is 2.56. The van der Waals surface area contributed by atoms with Crippen molar-refractivity contribution in [2.24, 2.45) is 17.8 Å². The van der Waals surface area contributed by atoms with Gasteiger partial charge in [-0.05, 0) is 44.1 Å². The zero-order chi connectivity index (χ0) is 15.8. The second-order valence-electron chi connectivity index (χ2n) is 6.56. The van der Waals surface area contributed by atoms with Crippen molar-refractivity contribution >= 4 is 5.97 Å². The van der Waals surface area contributed by atoms with Crippen LogP contribution < -0.4 is 5.32 Å². The third kappa shape index (κ3) is 5.95. The lowest BCUT2D eigenvalue weighted by Crippen LogP contribution is -2.44. The number of rotatable bonds is 8. The van der Waals surface area contributed by atoms with E-state index in [1.807, 2.05) is 13.8 Å². The Morgan fingerprint density at radius 3 is 2.57 bits per heavy atom. The predicted molar refractivity (Wildman–Crippen MR) is 85.2 cm³/mol. The minimum Gasteiger partial charge on any atom is -0.465 e. The summed E-state index contributed by atoms with van der Waals surface area (Å²) in [5, 5.41) is 3.16. The van der Waals surface area contributed by atoms with E-state index in [4.69, 9.17) is 9.47 Å². The highest BCUT2D eigenvalue weighted by Gasteiger charge is 2.32. The van der Waals surface area contributed by atoms with Crippen molar-refractivity contribution in [3.8, 4) is 0 Å². The lowest BCUT2D eigenvalue weighted by atomic mass is 9.75. The maximum absolute atomic E-state index is 11.9. The Morgan fingerprint density at radius 2 is 2.00 bits per heavy atom. The van der Waals surface area contributed by atoms with Gasteiger partial charge in [-0.15, -0.1) is 0 Å². The van der Waals surface area contributed by atoms with Gasteiger partial charge in [0.25, 0.3) is 0 Å². The summed E-state index contributed by atoms with van der Waals surface area (Å²) in [5.41, 5.74) is 0. The lowest BCUT2D eigenvalue weighted by Gasteiger charge is -2.37. The Morgan fingerprint density at radius 1 is 1.29 bits per heavy atom. The minimum atomic E-state index is -0.347. The third-order valence-electron chi connectivity index (χ3n) is 4.46. The second kappa shape index (κ2) is 9.42. The van der Waals surface area contributed by atoms with E-state index >= 15 is 0 Å². The largest absolute Gasteiger partial charge is 0.465 e. The Labute approximate surface area is 130 Å².